The van der Waals surface area contributed by atoms with E-state index in [9.17, 15) is 0 Å². The lowest BCUT2D eigenvalue weighted by atomic mass is 9.71. The van der Waals surface area contributed by atoms with Gasteiger partial charge in [0.2, 0.25) is 0 Å². The predicted molar refractivity (Wildman–Crippen MR) is 62.8 cm³/mol. The van der Waals surface area contributed by atoms with Gasteiger partial charge in [-0.1, -0.05) is 19.3 Å². The molecular formula is C13H25NO. The normalized spacial score (nSPS) is 30.6. The maximum atomic E-state index is 5.98. The lowest BCUT2D eigenvalue weighted by molar-refractivity contribution is 0.0789. The van der Waals surface area contributed by atoms with Gasteiger partial charge in [-0.15, -0.1) is 0 Å². The monoisotopic (exact) mass is 211 g/mol. The van der Waals surface area contributed by atoms with Crippen LogP contribution < -0.4 is 5.73 Å². The molecule has 2 aliphatic rings. The molecule has 2 nitrogen and oxygen atoms in total. The first-order valence-electron chi connectivity index (χ1n) is 6.66. The summed E-state index contributed by atoms with van der Waals surface area (Å²) in [4.78, 5) is 0. The molecule has 0 bridgehead atoms. The van der Waals surface area contributed by atoms with Crippen molar-refractivity contribution in [3.05, 3.63) is 0 Å². The van der Waals surface area contributed by atoms with Gasteiger partial charge in [-0.25, -0.2) is 0 Å². The first-order valence-corrected chi connectivity index (χ1v) is 6.66. The summed E-state index contributed by atoms with van der Waals surface area (Å²) in [6.45, 7) is 1.88. The second-order valence-electron chi connectivity index (χ2n) is 5.44. The van der Waals surface area contributed by atoms with E-state index in [2.05, 4.69) is 0 Å². The fourth-order valence-corrected chi connectivity index (χ4v) is 3.20. The van der Waals surface area contributed by atoms with Gasteiger partial charge in [-0.2, -0.15) is 0 Å². The standard InChI is InChI=1S/C13H25NO/c14-11-13(7-2-1-3-8-13)9-6-12-5-4-10-15-12/h12H,1-11,14H2. The Kier molecular flexibility index (Phi) is 4.04. The molecule has 2 N–H and O–H groups in total. The molecule has 0 spiro atoms. The Hall–Kier alpha value is -0.0800. The van der Waals surface area contributed by atoms with Crippen molar-refractivity contribution in [2.45, 2.75) is 63.9 Å². The second kappa shape index (κ2) is 5.31. The number of nitrogens with two attached hydrogens (primary N) is 1. The smallest absolute Gasteiger partial charge is 0.0576 e. The van der Waals surface area contributed by atoms with E-state index in [1.54, 1.807) is 0 Å². The maximum Gasteiger partial charge on any atom is 0.0576 e. The summed E-state index contributed by atoms with van der Waals surface area (Å²) in [6.07, 6.45) is 12.6. The van der Waals surface area contributed by atoms with Crippen LogP contribution in [0.1, 0.15) is 57.8 Å². The lowest BCUT2D eigenvalue weighted by Crippen LogP contribution is -2.33. The van der Waals surface area contributed by atoms with Crippen molar-refractivity contribution >= 4 is 0 Å². The molecule has 15 heavy (non-hydrogen) atoms. The Morgan fingerprint density at radius 3 is 2.53 bits per heavy atom. The number of rotatable bonds is 4. The lowest BCUT2D eigenvalue weighted by Gasteiger charge is -2.37. The van der Waals surface area contributed by atoms with Gasteiger partial charge in [0.05, 0.1) is 6.10 Å². The molecule has 1 aliphatic carbocycles. The zero-order valence-electron chi connectivity index (χ0n) is 9.84. The van der Waals surface area contributed by atoms with Crippen molar-refractivity contribution in [1.82, 2.24) is 0 Å². The Labute approximate surface area is 93.6 Å². The zero-order chi connectivity index (χ0) is 10.6. The molecule has 0 radical (unpaired) electrons. The van der Waals surface area contributed by atoms with Gasteiger partial charge in [-0.3, -0.25) is 0 Å². The van der Waals surface area contributed by atoms with E-state index in [-0.39, 0.29) is 0 Å². The summed E-state index contributed by atoms with van der Waals surface area (Å²) in [6, 6.07) is 0. The molecule has 1 heterocycles. The summed E-state index contributed by atoms with van der Waals surface area (Å²) in [7, 11) is 0. The minimum absolute atomic E-state index is 0.476. The Morgan fingerprint density at radius 2 is 1.93 bits per heavy atom. The van der Waals surface area contributed by atoms with Gasteiger partial charge in [-0.05, 0) is 50.5 Å². The largest absolute Gasteiger partial charge is 0.378 e. The minimum Gasteiger partial charge on any atom is -0.378 e. The van der Waals surface area contributed by atoms with E-state index in [0.717, 1.165) is 13.2 Å². The molecule has 2 heteroatoms. The van der Waals surface area contributed by atoms with Crippen LogP contribution in [0.15, 0.2) is 0 Å². The third kappa shape index (κ3) is 2.94. The molecule has 0 aromatic carbocycles. The van der Waals surface area contributed by atoms with Gasteiger partial charge < -0.3 is 10.5 Å². The highest BCUT2D eigenvalue weighted by atomic mass is 16.5. The van der Waals surface area contributed by atoms with Crippen molar-refractivity contribution in [2.75, 3.05) is 13.2 Å². The summed E-state index contributed by atoms with van der Waals surface area (Å²) < 4.78 is 5.69. The maximum absolute atomic E-state index is 5.98. The van der Waals surface area contributed by atoms with Gasteiger partial charge in [0, 0.05) is 6.61 Å². The highest BCUT2D eigenvalue weighted by Gasteiger charge is 2.31. The van der Waals surface area contributed by atoms with Gasteiger partial charge >= 0.3 is 0 Å². The van der Waals surface area contributed by atoms with Crippen LogP contribution in [0.25, 0.3) is 0 Å². The molecule has 1 aliphatic heterocycles. The first-order chi connectivity index (χ1) is 7.35. The van der Waals surface area contributed by atoms with Crippen molar-refractivity contribution in [3.8, 4) is 0 Å². The topological polar surface area (TPSA) is 35.2 Å². The number of hydrogen-bond donors (Lipinski definition) is 1. The molecule has 1 atom stereocenters. The molecule has 2 fully saturated rings. The highest BCUT2D eigenvalue weighted by Crippen LogP contribution is 2.40. The summed E-state index contributed by atoms with van der Waals surface area (Å²) in [5, 5.41) is 0. The van der Waals surface area contributed by atoms with Gasteiger partial charge in [0.1, 0.15) is 0 Å². The summed E-state index contributed by atoms with van der Waals surface area (Å²) in [5.74, 6) is 0. The number of ether oxygens (including phenoxy) is 1. The van der Waals surface area contributed by atoms with Crippen LogP contribution in [0, 0.1) is 5.41 Å². The molecular weight excluding hydrogens is 186 g/mol. The average Bonchev–Trinajstić information content (AvgIpc) is 2.81. The third-order valence-electron chi connectivity index (χ3n) is 4.37. The van der Waals surface area contributed by atoms with E-state index in [0.29, 0.717) is 11.5 Å². The van der Waals surface area contributed by atoms with Crippen LogP contribution in [0.2, 0.25) is 0 Å². The molecule has 0 aromatic heterocycles. The fraction of sp³-hybridized carbons (Fsp3) is 1.00. The zero-order valence-corrected chi connectivity index (χ0v) is 9.84. The van der Waals surface area contributed by atoms with Gasteiger partial charge in [0.15, 0.2) is 0 Å². The number of hydrogen-bond acceptors (Lipinski definition) is 2. The molecule has 1 saturated heterocycles. The molecule has 0 amide bonds. The van der Waals surface area contributed by atoms with E-state index >= 15 is 0 Å². The molecule has 0 aromatic rings. The van der Waals surface area contributed by atoms with Crippen LogP contribution in [-0.2, 0) is 4.74 Å². The SMILES string of the molecule is NCC1(CCC2CCCO2)CCCCC1. The quantitative estimate of drug-likeness (QED) is 0.776. The minimum atomic E-state index is 0.476. The summed E-state index contributed by atoms with van der Waals surface area (Å²) >= 11 is 0. The Balaban J connectivity index is 1.78. The van der Waals surface area contributed by atoms with Crippen molar-refractivity contribution < 1.29 is 4.74 Å². The van der Waals surface area contributed by atoms with Crippen LogP contribution in [0.3, 0.4) is 0 Å². The molecule has 88 valence electrons. The highest BCUT2D eigenvalue weighted by molar-refractivity contribution is 4.85. The van der Waals surface area contributed by atoms with Crippen molar-refractivity contribution in [3.63, 3.8) is 0 Å². The van der Waals surface area contributed by atoms with Crippen LogP contribution >= 0.6 is 0 Å². The van der Waals surface area contributed by atoms with Crippen LogP contribution in [-0.4, -0.2) is 19.3 Å². The van der Waals surface area contributed by atoms with Gasteiger partial charge in [0.25, 0.3) is 0 Å². The van der Waals surface area contributed by atoms with Crippen LogP contribution in [0.4, 0.5) is 0 Å². The van der Waals surface area contributed by atoms with Crippen molar-refractivity contribution in [1.29, 1.82) is 0 Å². The average molecular weight is 211 g/mol. The van der Waals surface area contributed by atoms with E-state index in [4.69, 9.17) is 10.5 Å². The molecule has 1 saturated carbocycles. The molecule has 2 rings (SSSR count). The predicted octanol–water partition coefficient (Wildman–Crippen LogP) is 2.85. The second-order valence-corrected chi connectivity index (χ2v) is 5.44. The Morgan fingerprint density at radius 1 is 1.13 bits per heavy atom. The third-order valence-corrected chi connectivity index (χ3v) is 4.37. The van der Waals surface area contributed by atoms with Crippen molar-refractivity contribution in [2.24, 2.45) is 11.1 Å². The van der Waals surface area contributed by atoms with E-state index in [1.807, 2.05) is 0 Å². The van der Waals surface area contributed by atoms with E-state index in [1.165, 1.54) is 57.8 Å². The molecule has 1 unspecified atom stereocenters. The summed E-state index contributed by atoms with van der Waals surface area (Å²) in [5.41, 5.74) is 6.46. The van der Waals surface area contributed by atoms with Crippen LogP contribution in [0.5, 0.6) is 0 Å². The first kappa shape index (κ1) is 11.4. The van der Waals surface area contributed by atoms with E-state index < -0.39 is 0 Å². The Bertz CT molecular complexity index is 181. The fourth-order valence-electron chi connectivity index (χ4n) is 3.20.